The first kappa shape index (κ1) is 21.9. The maximum Gasteiger partial charge on any atom is 0.416 e. The average Bonchev–Trinajstić information content (AvgIpc) is 3.48. The molecule has 2 aromatic heterocycles. The molecule has 3 aliphatic rings. The zero-order chi connectivity index (χ0) is 23.4. The maximum atomic E-state index is 13.7. The molecule has 2 aliphatic heterocycles. The van der Waals surface area contributed by atoms with E-state index in [1.165, 1.54) is 17.1 Å². The van der Waals surface area contributed by atoms with Gasteiger partial charge in [0.15, 0.2) is 0 Å². The minimum absolute atomic E-state index is 0.288. The van der Waals surface area contributed by atoms with Crippen LogP contribution in [-0.4, -0.2) is 38.3 Å². The van der Waals surface area contributed by atoms with Crippen LogP contribution in [0.3, 0.4) is 0 Å². The van der Waals surface area contributed by atoms with Crippen LogP contribution in [0.25, 0.3) is 0 Å². The molecule has 1 aromatic carbocycles. The number of piperidine rings is 1. The number of hydrogen-bond donors (Lipinski definition) is 1. The minimum Gasteiger partial charge on any atom is -0.361 e. The van der Waals surface area contributed by atoms with Crippen LogP contribution in [0, 0.1) is 18.8 Å². The third-order valence-electron chi connectivity index (χ3n) is 7.57. The second kappa shape index (κ2) is 8.25. The van der Waals surface area contributed by atoms with E-state index in [4.69, 9.17) is 4.98 Å². The third-order valence-corrected chi connectivity index (χ3v) is 8.52. The fourth-order valence-corrected chi connectivity index (χ4v) is 6.83. The lowest BCUT2D eigenvalue weighted by atomic mass is 9.88. The molecule has 10 heteroatoms. The number of benzene rings is 1. The summed E-state index contributed by atoms with van der Waals surface area (Å²) in [5, 5.41) is 9.50. The lowest BCUT2D eigenvalue weighted by Gasteiger charge is -2.38. The molecule has 1 saturated carbocycles. The predicted molar refractivity (Wildman–Crippen MR) is 125 cm³/mol. The predicted octanol–water partition coefficient (Wildman–Crippen LogP) is 5.31. The molecule has 1 unspecified atom stereocenters. The first-order chi connectivity index (χ1) is 16.4. The molecule has 4 atom stereocenters. The average molecular weight is 489 g/mol. The summed E-state index contributed by atoms with van der Waals surface area (Å²) in [6.07, 6.45) is -0.644. The Kier molecular flexibility index (Phi) is 5.31. The summed E-state index contributed by atoms with van der Waals surface area (Å²) in [5.74, 6) is 1.76. The lowest BCUT2D eigenvalue weighted by molar-refractivity contribution is -0.138. The third kappa shape index (κ3) is 3.85. The number of hydrogen-bond acceptors (Lipinski definition) is 6. The molecule has 6 rings (SSSR count). The van der Waals surface area contributed by atoms with Crippen LogP contribution in [0.5, 0.6) is 0 Å². The number of nitrogens with one attached hydrogen (secondary N) is 1. The summed E-state index contributed by atoms with van der Waals surface area (Å²) in [4.78, 5) is 7.20. The standard InChI is InChI=1S/C24H27F3N6S/c1-14-11-20(34-31-14)32-12-15-8-9-16(13-32)21(15)28-23-29-22-18(6-4-10-33(22)30-23)17-5-2-3-7-19(17)24(25,26)27/h2-3,5,7,11,15-16,18,21H,4,6,8-10,12-13H2,1H3,(H,28,30)/t15-,16+,18?,21-. The molecule has 0 spiro atoms. The van der Waals surface area contributed by atoms with E-state index in [-0.39, 0.29) is 6.04 Å². The van der Waals surface area contributed by atoms with Crippen molar-refractivity contribution in [2.24, 2.45) is 11.8 Å². The van der Waals surface area contributed by atoms with E-state index >= 15 is 0 Å². The van der Waals surface area contributed by atoms with E-state index in [2.05, 4.69) is 25.8 Å². The highest BCUT2D eigenvalue weighted by atomic mass is 32.1. The van der Waals surface area contributed by atoms with Crippen molar-refractivity contribution in [3.05, 3.63) is 53.0 Å². The first-order valence-electron chi connectivity index (χ1n) is 11.9. The van der Waals surface area contributed by atoms with Crippen LogP contribution in [-0.2, 0) is 12.7 Å². The fraction of sp³-hybridized carbons (Fsp3) is 0.542. The van der Waals surface area contributed by atoms with Gasteiger partial charge in [-0.15, -0.1) is 5.10 Å². The molecule has 2 bridgehead atoms. The van der Waals surface area contributed by atoms with Gasteiger partial charge in [0.05, 0.1) is 11.3 Å². The van der Waals surface area contributed by atoms with Gasteiger partial charge < -0.3 is 10.2 Å². The number of halogens is 3. The van der Waals surface area contributed by atoms with Crippen LogP contribution >= 0.6 is 11.5 Å². The number of fused-ring (bicyclic) bond motifs is 3. The molecule has 34 heavy (non-hydrogen) atoms. The molecule has 1 saturated heterocycles. The Morgan fingerprint density at radius 2 is 1.85 bits per heavy atom. The number of aryl methyl sites for hydroxylation is 2. The van der Waals surface area contributed by atoms with E-state index in [1.54, 1.807) is 28.3 Å². The molecule has 0 radical (unpaired) electrons. The Morgan fingerprint density at radius 3 is 2.56 bits per heavy atom. The fourth-order valence-electron chi connectivity index (χ4n) is 6.05. The van der Waals surface area contributed by atoms with Gasteiger partial charge in [-0.25, -0.2) is 4.68 Å². The maximum absolute atomic E-state index is 13.7. The van der Waals surface area contributed by atoms with Gasteiger partial charge >= 0.3 is 6.18 Å². The smallest absolute Gasteiger partial charge is 0.361 e. The van der Waals surface area contributed by atoms with E-state index < -0.39 is 17.7 Å². The quantitative estimate of drug-likeness (QED) is 0.539. The van der Waals surface area contributed by atoms with Gasteiger partial charge in [-0.3, -0.25) is 0 Å². The van der Waals surface area contributed by atoms with E-state index in [0.29, 0.717) is 42.1 Å². The highest BCUT2D eigenvalue weighted by Crippen LogP contribution is 2.43. The van der Waals surface area contributed by atoms with Crippen molar-refractivity contribution < 1.29 is 13.2 Å². The van der Waals surface area contributed by atoms with Crippen LogP contribution < -0.4 is 10.2 Å². The Hall–Kier alpha value is -2.62. The second-order valence-electron chi connectivity index (χ2n) is 9.78. The van der Waals surface area contributed by atoms with Crippen molar-refractivity contribution in [3.8, 4) is 0 Å². The molecule has 180 valence electrons. The van der Waals surface area contributed by atoms with Gasteiger partial charge in [0, 0.05) is 31.6 Å². The largest absolute Gasteiger partial charge is 0.416 e. The summed E-state index contributed by atoms with van der Waals surface area (Å²) in [7, 11) is 0. The van der Waals surface area contributed by atoms with Crippen molar-refractivity contribution in [2.75, 3.05) is 23.3 Å². The van der Waals surface area contributed by atoms with Crippen LogP contribution in [0.2, 0.25) is 0 Å². The molecule has 1 N–H and O–H groups in total. The van der Waals surface area contributed by atoms with Crippen LogP contribution in [0.1, 0.15) is 54.2 Å². The first-order valence-corrected chi connectivity index (χ1v) is 12.7. The topological polar surface area (TPSA) is 58.9 Å². The normalized spacial score (nSPS) is 26.5. The van der Waals surface area contributed by atoms with Crippen molar-refractivity contribution >= 4 is 22.5 Å². The zero-order valence-corrected chi connectivity index (χ0v) is 19.7. The Labute approximate surface area is 200 Å². The van der Waals surface area contributed by atoms with E-state index in [1.807, 2.05) is 6.92 Å². The van der Waals surface area contributed by atoms with Gasteiger partial charge in [0.1, 0.15) is 10.8 Å². The minimum atomic E-state index is -4.39. The summed E-state index contributed by atoms with van der Waals surface area (Å²) in [6.45, 7) is 4.66. The summed E-state index contributed by atoms with van der Waals surface area (Å²) < 4.78 is 47.3. The Bertz CT molecular complexity index is 1170. The molecule has 3 aromatic rings. The summed E-state index contributed by atoms with van der Waals surface area (Å²) >= 11 is 1.56. The number of alkyl halides is 3. The van der Waals surface area contributed by atoms with Crippen LogP contribution in [0.4, 0.5) is 24.1 Å². The SMILES string of the molecule is Cc1cc(N2C[C@H]3CC[C@@H](C2)[C@@H]3Nc2nc3n(n2)CCCC3c2ccccc2C(F)(F)F)sn1. The Balaban J connectivity index is 1.23. The van der Waals surface area contributed by atoms with Crippen molar-refractivity contribution in [1.29, 1.82) is 0 Å². The molecule has 6 nitrogen and oxygen atoms in total. The number of anilines is 2. The van der Waals surface area contributed by atoms with Crippen molar-refractivity contribution in [1.82, 2.24) is 19.1 Å². The molecular formula is C24H27F3N6S. The summed E-state index contributed by atoms with van der Waals surface area (Å²) in [5.41, 5.74) is 0.778. The van der Waals surface area contributed by atoms with Gasteiger partial charge in [-0.2, -0.15) is 22.5 Å². The van der Waals surface area contributed by atoms with Crippen LogP contribution in [0.15, 0.2) is 30.3 Å². The highest BCUT2D eigenvalue weighted by Gasteiger charge is 2.43. The Morgan fingerprint density at radius 1 is 1.09 bits per heavy atom. The highest BCUT2D eigenvalue weighted by molar-refractivity contribution is 7.10. The van der Waals surface area contributed by atoms with Crippen molar-refractivity contribution in [2.45, 2.75) is 57.3 Å². The molecule has 4 heterocycles. The number of rotatable bonds is 4. The molecule has 1 aliphatic carbocycles. The number of aromatic nitrogens is 4. The lowest BCUT2D eigenvalue weighted by Crippen LogP contribution is -2.48. The van der Waals surface area contributed by atoms with Gasteiger partial charge in [0.25, 0.3) is 0 Å². The van der Waals surface area contributed by atoms with E-state index in [0.717, 1.165) is 38.0 Å². The van der Waals surface area contributed by atoms with Gasteiger partial charge in [-0.05, 0) is 73.7 Å². The summed E-state index contributed by atoms with van der Waals surface area (Å²) in [6, 6.07) is 8.32. The second-order valence-corrected chi connectivity index (χ2v) is 10.6. The van der Waals surface area contributed by atoms with Crippen molar-refractivity contribution in [3.63, 3.8) is 0 Å². The monoisotopic (exact) mass is 488 g/mol. The number of nitrogens with zero attached hydrogens (tertiary/aromatic N) is 5. The molecule has 0 amide bonds. The molecular weight excluding hydrogens is 461 g/mol. The van der Waals surface area contributed by atoms with E-state index in [9.17, 15) is 13.2 Å². The van der Waals surface area contributed by atoms with Gasteiger partial charge in [-0.1, -0.05) is 18.2 Å². The molecule has 2 fully saturated rings. The zero-order valence-electron chi connectivity index (χ0n) is 18.9. The van der Waals surface area contributed by atoms with Gasteiger partial charge in [0.2, 0.25) is 5.95 Å².